The normalized spacial score (nSPS) is 14.4. The average molecular weight is 425 g/mol. The number of hydrogen-bond acceptors (Lipinski definition) is 6. The quantitative estimate of drug-likeness (QED) is 0.771. The maximum atomic E-state index is 12.4. The predicted octanol–water partition coefficient (Wildman–Crippen LogP) is 3.13. The molecular formula is C15H18Cl2N2O4S2. The van der Waals surface area contributed by atoms with Crippen LogP contribution in [-0.4, -0.2) is 40.8 Å². The largest absolute Gasteiger partial charge is 0.454 e. The van der Waals surface area contributed by atoms with Crippen molar-refractivity contribution in [3.63, 3.8) is 0 Å². The van der Waals surface area contributed by atoms with E-state index in [-0.39, 0.29) is 36.0 Å². The Morgan fingerprint density at radius 1 is 1.24 bits per heavy atom. The summed E-state index contributed by atoms with van der Waals surface area (Å²) in [7, 11) is 0.203. The van der Waals surface area contributed by atoms with Crippen LogP contribution >= 0.6 is 35.3 Å². The van der Waals surface area contributed by atoms with Gasteiger partial charge in [-0.15, -0.1) is 23.7 Å². The molecule has 1 aromatic heterocycles. The van der Waals surface area contributed by atoms with Crippen molar-refractivity contribution < 1.29 is 17.9 Å². The van der Waals surface area contributed by atoms with E-state index in [1.54, 1.807) is 6.07 Å². The molecule has 0 fully saturated rings. The van der Waals surface area contributed by atoms with Crippen molar-refractivity contribution in [2.75, 3.05) is 27.4 Å². The van der Waals surface area contributed by atoms with E-state index in [0.717, 1.165) is 16.9 Å². The maximum Gasteiger partial charge on any atom is 0.250 e. The average Bonchev–Trinajstić information content (AvgIpc) is 3.15. The monoisotopic (exact) mass is 424 g/mol. The highest BCUT2D eigenvalue weighted by Gasteiger charge is 2.23. The van der Waals surface area contributed by atoms with Crippen LogP contribution in [0.25, 0.3) is 0 Å². The Bertz CT molecular complexity index is 840. The summed E-state index contributed by atoms with van der Waals surface area (Å²) >= 11 is 6.85. The number of sulfonamides is 1. The molecule has 25 heavy (non-hydrogen) atoms. The van der Waals surface area contributed by atoms with E-state index in [1.807, 2.05) is 37.2 Å². The van der Waals surface area contributed by atoms with Gasteiger partial charge in [0, 0.05) is 12.6 Å². The van der Waals surface area contributed by atoms with Gasteiger partial charge in [0.2, 0.25) is 16.8 Å². The fourth-order valence-corrected chi connectivity index (χ4v) is 4.99. The fourth-order valence-electron chi connectivity index (χ4n) is 2.42. The summed E-state index contributed by atoms with van der Waals surface area (Å²) in [6.07, 6.45) is 0. The van der Waals surface area contributed by atoms with Crippen molar-refractivity contribution in [1.82, 2.24) is 9.62 Å². The number of thiophene rings is 1. The number of ether oxygens (including phenoxy) is 2. The SMILES string of the molecule is CN(C)C(CNS(=O)(=O)c1ccc(Cl)s1)c1ccc2c(c1)OCO2.Cl. The highest BCUT2D eigenvalue weighted by molar-refractivity contribution is 7.91. The van der Waals surface area contributed by atoms with E-state index >= 15 is 0 Å². The zero-order chi connectivity index (χ0) is 17.3. The molecule has 1 aromatic carbocycles. The number of halogens is 2. The van der Waals surface area contributed by atoms with Crippen molar-refractivity contribution in [2.45, 2.75) is 10.3 Å². The molecule has 1 N–H and O–H groups in total. The van der Waals surface area contributed by atoms with Gasteiger partial charge in [-0.1, -0.05) is 17.7 Å². The van der Waals surface area contributed by atoms with Crippen molar-refractivity contribution in [3.05, 3.63) is 40.2 Å². The van der Waals surface area contributed by atoms with Crippen LogP contribution in [0.1, 0.15) is 11.6 Å². The molecule has 6 nitrogen and oxygen atoms in total. The van der Waals surface area contributed by atoms with Gasteiger partial charge in [0.15, 0.2) is 11.5 Å². The number of likely N-dealkylation sites (N-methyl/N-ethyl adjacent to an activating group) is 1. The third kappa shape index (κ3) is 4.58. The van der Waals surface area contributed by atoms with Gasteiger partial charge in [-0.3, -0.25) is 0 Å². The molecule has 3 rings (SSSR count). The number of nitrogens with zero attached hydrogens (tertiary/aromatic N) is 1. The van der Waals surface area contributed by atoms with Crippen LogP contribution in [0.4, 0.5) is 0 Å². The van der Waals surface area contributed by atoms with Gasteiger partial charge in [0.25, 0.3) is 0 Å². The van der Waals surface area contributed by atoms with Crippen molar-refractivity contribution in [1.29, 1.82) is 0 Å². The highest BCUT2D eigenvalue weighted by atomic mass is 35.5. The molecule has 2 heterocycles. The van der Waals surface area contributed by atoms with Gasteiger partial charge in [0.1, 0.15) is 4.21 Å². The molecule has 0 bridgehead atoms. The maximum absolute atomic E-state index is 12.4. The summed E-state index contributed by atoms with van der Waals surface area (Å²) in [5, 5.41) is 0. The second kappa shape index (κ2) is 8.11. The van der Waals surface area contributed by atoms with Crippen molar-refractivity contribution >= 4 is 45.4 Å². The minimum absolute atomic E-state index is 0. The van der Waals surface area contributed by atoms with Crippen LogP contribution in [0.2, 0.25) is 4.34 Å². The topological polar surface area (TPSA) is 67.9 Å². The summed E-state index contributed by atoms with van der Waals surface area (Å²) in [4.78, 5) is 1.95. The fraction of sp³-hybridized carbons (Fsp3) is 0.333. The Kier molecular flexibility index (Phi) is 6.58. The summed E-state index contributed by atoms with van der Waals surface area (Å²) in [6.45, 7) is 0.432. The first-order chi connectivity index (χ1) is 11.4. The molecule has 10 heteroatoms. The summed E-state index contributed by atoms with van der Waals surface area (Å²) in [5.41, 5.74) is 0.941. The van der Waals surface area contributed by atoms with Gasteiger partial charge >= 0.3 is 0 Å². The highest BCUT2D eigenvalue weighted by Crippen LogP contribution is 2.35. The van der Waals surface area contributed by atoms with Crippen molar-refractivity contribution in [2.24, 2.45) is 0 Å². The molecule has 2 aromatic rings. The van der Waals surface area contributed by atoms with E-state index in [0.29, 0.717) is 15.8 Å². The lowest BCUT2D eigenvalue weighted by atomic mass is 10.1. The molecule has 0 amide bonds. The zero-order valence-corrected chi connectivity index (χ0v) is 16.8. The lowest BCUT2D eigenvalue weighted by Gasteiger charge is -2.25. The van der Waals surface area contributed by atoms with E-state index in [9.17, 15) is 8.42 Å². The molecule has 0 saturated heterocycles. The van der Waals surface area contributed by atoms with E-state index < -0.39 is 10.0 Å². The van der Waals surface area contributed by atoms with Crippen LogP contribution in [0.15, 0.2) is 34.5 Å². The predicted molar refractivity (Wildman–Crippen MR) is 101 cm³/mol. The molecule has 138 valence electrons. The number of rotatable bonds is 6. The van der Waals surface area contributed by atoms with Gasteiger partial charge < -0.3 is 14.4 Å². The molecular weight excluding hydrogens is 407 g/mol. The lowest BCUT2D eigenvalue weighted by Crippen LogP contribution is -2.34. The molecule has 1 aliphatic rings. The van der Waals surface area contributed by atoms with Gasteiger partial charge in [-0.05, 0) is 43.9 Å². The van der Waals surface area contributed by atoms with E-state index in [1.165, 1.54) is 6.07 Å². The van der Waals surface area contributed by atoms with Crippen LogP contribution in [-0.2, 0) is 10.0 Å². The van der Waals surface area contributed by atoms with E-state index in [2.05, 4.69) is 4.72 Å². The van der Waals surface area contributed by atoms with Gasteiger partial charge in [0.05, 0.1) is 4.34 Å². The molecule has 1 aliphatic heterocycles. The first kappa shape index (κ1) is 20.3. The number of fused-ring (bicyclic) bond motifs is 1. The molecule has 0 saturated carbocycles. The Labute approximate surface area is 162 Å². The minimum atomic E-state index is -3.59. The minimum Gasteiger partial charge on any atom is -0.454 e. The second-order valence-corrected chi connectivity index (χ2v) is 9.21. The Morgan fingerprint density at radius 2 is 1.96 bits per heavy atom. The summed E-state index contributed by atoms with van der Waals surface area (Å²) < 4.78 is 38.7. The molecule has 1 unspecified atom stereocenters. The van der Waals surface area contributed by atoms with Crippen LogP contribution < -0.4 is 14.2 Å². The van der Waals surface area contributed by atoms with Crippen LogP contribution in [0.5, 0.6) is 11.5 Å². The number of benzene rings is 1. The van der Waals surface area contributed by atoms with Gasteiger partial charge in [-0.25, -0.2) is 13.1 Å². The Morgan fingerprint density at radius 3 is 2.60 bits per heavy atom. The second-order valence-electron chi connectivity index (χ2n) is 5.50. The molecule has 1 atom stereocenters. The van der Waals surface area contributed by atoms with Crippen LogP contribution in [0, 0.1) is 0 Å². The standard InChI is InChI=1S/C15H17ClN2O4S2.ClH/c1-18(2)11(10-3-4-12-13(7-10)22-9-21-12)8-17-24(19,20)15-6-5-14(16)23-15;/h3-7,11,17H,8-9H2,1-2H3;1H. The number of hydrogen-bond donors (Lipinski definition) is 1. The summed E-state index contributed by atoms with van der Waals surface area (Å²) in [5.74, 6) is 1.37. The zero-order valence-electron chi connectivity index (χ0n) is 13.6. The Balaban J connectivity index is 0.00000225. The van der Waals surface area contributed by atoms with Crippen molar-refractivity contribution in [3.8, 4) is 11.5 Å². The van der Waals surface area contributed by atoms with Gasteiger partial charge in [-0.2, -0.15) is 0 Å². The Hall–Kier alpha value is -1.03. The smallest absolute Gasteiger partial charge is 0.250 e. The lowest BCUT2D eigenvalue weighted by molar-refractivity contribution is 0.174. The molecule has 0 radical (unpaired) electrons. The molecule has 0 spiro atoms. The summed E-state index contributed by atoms with van der Waals surface area (Å²) in [6, 6.07) is 8.55. The third-order valence-electron chi connectivity index (χ3n) is 3.68. The van der Waals surface area contributed by atoms with E-state index in [4.69, 9.17) is 21.1 Å². The number of nitrogens with one attached hydrogen (secondary N) is 1. The molecule has 0 aliphatic carbocycles. The van der Waals surface area contributed by atoms with Crippen LogP contribution in [0.3, 0.4) is 0 Å². The first-order valence-corrected chi connectivity index (χ1v) is 9.85. The first-order valence-electron chi connectivity index (χ1n) is 7.18. The third-order valence-corrected chi connectivity index (χ3v) is 6.83.